The minimum atomic E-state index is -7.70. The molecule has 0 aromatic carbocycles. The van der Waals surface area contributed by atoms with Crippen LogP contribution in [-0.4, -0.2) is 123 Å². The SMILES string of the molecule is FC1(F)C2(F)C(F)(F)C3(OCCOCC4CO4)C(F)(F)C1(F)C(F)(F)C(OCCOCC1CO1)(C2(F)F)C3(F)F. The number of hydrogen-bond donors (Lipinski definition) is 0. The van der Waals surface area contributed by atoms with E-state index in [0.29, 0.717) is 0 Å². The lowest BCUT2D eigenvalue weighted by atomic mass is 9.39. The number of alkyl halides is 14. The van der Waals surface area contributed by atoms with Gasteiger partial charge in [0.25, 0.3) is 11.2 Å². The molecular weight excluding hydrogens is 602 g/mol. The molecule has 0 spiro atoms. The Morgan fingerprint density at radius 3 is 1.02 bits per heavy atom. The Hall–Kier alpha value is -1.22. The summed E-state index contributed by atoms with van der Waals surface area (Å²) in [6.45, 7) is -7.03. The van der Waals surface area contributed by atoms with E-state index in [-0.39, 0.29) is 13.2 Å². The molecule has 2 heterocycles. The molecule has 2 atom stereocenters. The van der Waals surface area contributed by atoms with Gasteiger partial charge in [-0.2, -0.15) is 52.7 Å². The third kappa shape index (κ3) is 2.75. The number of halogens is 14. The Labute approximate surface area is 214 Å². The zero-order valence-corrected chi connectivity index (χ0v) is 19.6. The Morgan fingerprint density at radius 2 is 0.750 bits per heavy atom. The molecule has 0 radical (unpaired) electrons. The molecule has 2 saturated heterocycles. The van der Waals surface area contributed by atoms with Crippen molar-refractivity contribution in [1.29, 1.82) is 0 Å². The van der Waals surface area contributed by atoms with Gasteiger partial charge in [0.2, 0.25) is 0 Å². The minimum absolute atomic E-state index is 0.101. The fourth-order valence-corrected chi connectivity index (χ4v) is 5.63. The monoisotopic (exact) mass is 620 g/mol. The van der Waals surface area contributed by atoms with Gasteiger partial charge < -0.3 is 28.4 Å². The zero-order valence-electron chi connectivity index (χ0n) is 19.6. The molecule has 6 rings (SSSR count). The van der Waals surface area contributed by atoms with E-state index in [4.69, 9.17) is 0 Å². The second kappa shape index (κ2) is 8.23. The van der Waals surface area contributed by atoms with Crippen LogP contribution in [0, 0.1) is 0 Å². The third-order valence-corrected chi connectivity index (χ3v) is 7.75. The fraction of sp³-hybridized carbons (Fsp3) is 1.00. The van der Waals surface area contributed by atoms with Gasteiger partial charge in [-0.05, 0) is 0 Å². The standard InChI is InChI=1S/C20H18F14O6/c21-11-15(23,24)12(22)17(27,28)13(16(11,25)26,39-3-1-35-5-9-7-37-9)20(33,34)14(18(11,29)30,19(12,31)32)40-4-2-36-6-10-8-38-10/h9-10H,1-8H2. The molecule has 4 bridgehead atoms. The molecule has 0 aromatic rings. The van der Waals surface area contributed by atoms with Crippen LogP contribution in [0.3, 0.4) is 0 Å². The molecule has 232 valence electrons. The van der Waals surface area contributed by atoms with Gasteiger partial charge in [-0.1, -0.05) is 0 Å². The van der Waals surface area contributed by atoms with Gasteiger partial charge in [0, 0.05) is 0 Å². The van der Waals surface area contributed by atoms with Crippen LogP contribution in [0.25, 0.3) is 0 Å². The second-order valence-electron chi connectivity index (χ2n) is 9.88. The van der Waals surface area contributed by atoms with E-state index < -0.39 is 110 Å². The number of hydrogen-bond acceptors (Lipinski definition) is 6. The number of ether oxygens (including phenoxy) is 6. The van der Waals surface area contributed by atoms with Crippen LogP contribution in [0.5, 0.6) is 0 Å². The van der Waals surface area contributed by atoms with E-state index in [1.807, 2.05) is 0 Å². The number of epoxide rings is 2. The van der Waals surface area contributed by atoms with Crippen LogP contribution < -0.4 is 0 Å². The highest BCUT2D eigenvalue weighted by molar-refractivity contribution is 5.54. The zero-order chi connectivity index (χ0) is 30.1. The van der Waals surface area contributed by atoms with Crippen molar-refractivity contribution in [2.75, 3.05) is 52.9 Å². The van der Waals surface area contributed by atoms with Gasteiger partial charge in [-0.3, -0.25) is 0 Å². The topological polar surface area (TPSA) is 62.0 Å². The minimum Gasteiger partial charge on any atom is -0.376 e. The lowest BCUT2D eigenvalue weighted by Gasteiger charge is -2.76. The van der Waals surface area contributed by atoms with Gasteiger partial charge in [0.05, 0.1) is 52.9 Å². The van der Waals surface area contributed by atoms with Crippen molar-refractivity contribution in [3.05, 3.63) is 0 Å². The maximum atomic E-state index is 15.8. The van der Waals surface area contributed by atoms with Crippen molar-refractivity contribution in [3.8, 4) is 0 Å². The summed E-state index contributed by atoms with van der Waals surface area (Å²) < 4.78 is 241. The third-order valence-electron chi connectivity index (χ3n) is 7.75. The highest BCUT2D eigenvalue weighted by Crippen LogP contribution is 2.88. The molecule has 0 amide bonds. The summed E-state index contributed by atoms with van der Waals surface area (Å²) in [5.41, 5.74) is -28.3. The van der Waals surface area contributed by atoms with Crippen molar-refractivity contribution in [3.63, 3.8) is 0 Å². The van der Waals surface area contributed by atoms with E-state index in [1.54, 1.807) is 0 Å². The molecule has 4 aliphatic carbocycles. The molecular formula is C20H18F14O6. The second-order valence-corrected chi connectivity index (χ2v) is 9.88. The van der Waals surface area contributed by atoms with Gasteiger partial charge in [-0.15, -0.1) is 0 Å². The molecule has 6 nitrogen and oxygen atoms in total. The molecule has 20 heteroatoms. The first-order chi connectivity index (χ1) is 18.2. The summed E-state index contributed by atoms with van der Waals surface area (Å²) in [7, 11) is 0. The summed E-state index contributed by atoms with van der Waals surface area (Å²) in [6, 6.07) is 0. The maximum absolute atomic E-state index is 15.8. The van der Waals surface area contributed by atoms with Gasteiger partial charge >= 0.3 is 46.9 Å². The van der Waals surface area contributed by atoms with Crippen molar-refractivity contribution >= 4 is 0 Å². The molecule has 0 N–H and O–H groups in total. The molecule has 6 fully saturated rings. The largest absolute Gasteiger partial charge is 0.376 e. The lowest BCUT2D eigenvalue weighted by molar-refractivity contribution is -0.629. The van der Waals surface area contributed by atoms with Crippen molar-refractivity contribution in [2.24, 2.45) is 0 Å². The van der Waals surface area contributed by atoms with Gasteiger partial charge in [0.15, 0.2) is 0 Å². The summed E-state index contributed by atoms with van der Waals surface area (Å²) in [6.07, 6.45) is -1.21. The summed E-state index contributed by atoms with van der Waals surface area (Å²) in [4.78, 5) is 0. The Kier molecular flexibility index (Phi) is 6.23. The highest BCUT2D eigenvalue weighted by Gasteiger charge is 3.23. The molecule has 2 aliphatic heterocycles. The molecule has 40 heavy (non-hydrogen) atoms. The molecule has 6 aliphatic rings. The predicted molar refractivity (Wildman–Crippen MR) is 95.8 cm³/mol. The Balaban J connectivity index is 1.66. The summed E-state index contributed by atoms with van der Waals surface area (Å²) in [5.74, 6) is -44.6. The van der Waals surface area contributed by atoms with E-state index in [1.165, 1.54) is 0 Å². The van der Waals surface area contributed by atoms with Crippen LogP contribution in [0.2, 0.25) is 0 Å². The Morgan fingerprint density at radius 1 is 0.450 bits per heavy atom. The quantitative estimate of drug-likeness (QED) is 0.189. The maximum Gasteiger partial charge on any atom is 0.339 e. The summed E-state index contributed by atoms with van der Waals surface area (Å²) in [5, 5.41) is 0. The van der Waals surface area contributed by atoms with Crippen LogP contribution in [0.1, 0.15) is 0 Å². The Bertz CT molecular complexity index is 921. The van der Waals surface area contributed by atoms with Crippen molar-refractivity contribution in [1.82, 2.24) is 0 Å². The van der Waals surface area contributed by atoms with Gasteiger partial charge in [0.1, 0.15) is 12.2 Å². The van der Waals surface area contributed by atoms with E-state index in [2.05, 4.69) is 28.4 Å². The van der Waals surface area contributed by atoms with Crippen LogP contribution in [0.15, 0.2) is 0 Å². The smallest absolute Gasteiger partial charge is 0.339 e. The van der Waals surface area contributed by atoms with Crippen LogP contribution in [-0.2, 0) is 28.4 Å². The first-order valence-electron chi connectivity index (χ1n) is 11.5. The van der Waals surface area contributed by atoms with Crippen LogP contribution >= 0.6 is 0 Å². The fourth-order valence-electron chi connectivity index (χ4n) is 5.63. The first kappa shape index (κ1) is 30.2. The number of rotatable bonds is 12. The first-order valence-corrected chi connectivity index (χ1v) is 11.5. The van der Waals surface area contributed by atoms with E-state index in [0.717, 1.165) is 0 Å². The summed E-state index contributed by atoms with van der Waals surface area (Å²) >= 11 is 0. The van der Waals surface area contributed by atoms with Crippen LogP contribution in [0.4, 0.5) is 61.5 Å². The van der Waals surface area contributed by atoms with Crippen molar-refractivity contribution in [2.45, 2.75) is 70.3 Å². The average Bonchev–Trinajstić information content (AvgIpc) is 3.74. The molecule has 2 unspecified atom stereocenters. The van der Waals surface area contributed by atoms with E-state index >= 15 is 52.7 Å². The van der Waals surface area contributed by atoms with Crippen molar-refractivity contribution < 1.29 is 89.9 Å². The lowest BCUT2D eigenvalue weighted by Crippen LogP contribution is -3.11. The predicted octanol–water partition coefficient (Wildman–Crippen LogP) is 3.60. The van der Waals surface area contributed by atoms with E-state index in [9.17, 15) is 8.78 Å². The normalized spacial score (nSPS) is 45.5. The molecule has 4 saturated carbocycles. The average molecular weight is 620 g/mol. The highest BCUT2D eigenvalue weighted by atomic mass is 19.3. The van der Waals surface area contributed by atoms with Gasteiger partial charge in [-0.25, -0.2) is 8.78 Å². The molecule has 0 aromatic heterocycles.